The van der Waals surface area contributed by atoms with Crippen LogP contribution in [0.2, 0.25) is 0 Å². The molecule has 0 atom stereocenters. The van der Waals surface area contributed by atoms with Crippen molar-refractivity contribution in [2.45, 2.75) is 95.8 Å². The standard InChI is InChI=1S/C37H51N3O8S2/c1-6-8-10-12-21-39(22-13-11-9-7-2)27-15-17-29-33(25-27)38(5)36(42)30(35(29)41)18-20-34-37(3,4)31-26-28(50(46,47)48)16-19-32(31)40(34)23-14-24-49(43,44)45/h15-20,25-26H,6-14,21-24H2,1-5H3,(H2,43,44,45,46,47,48)/p+1. The molecular formula is C37H52N3O8S2+. The van der Waals surface area contributed by atoms with Crippen LogP contribution in [0.3, 0.4) is 0 Å². The van der Waals surface area contributed by atoms with E-state index in [-0.39, 0.29) is 29.2 Å². The van der Waals surface area contributed by atoms with Gasteiger partial charge in [-0.2, -0.15) is 21.4 Å². The summed E-state index contributed by atoms with van der Waals surface area (Å²) >= 11 is 0. The van der Waals surface area contributed by atoms with E-state index in [1.54, 1.807) is 17.7 Å². The molecule has 1 aromatic heterocycles. The fourth-order valence-corrected chi connectivity index (χ4v) is 7.83. The van der Waals surface area contributed by atoms with E-state index in [1.807, 2.05) is 32.0 Å². The molecule has 0 bridgehead atoms. The highest BCUT2D eigenvalue weighted by molar-refractivity contribution is 7.86. The van der Waals surface area contributed by atoms with Gasteiger partial charge in [0.2, 0.25) is 5.69 Å². The van der Waals surface area contributed by atoms with Crippen molar-refractivity contribution in [3.8, 4) is 5.75 Å². The van der Waals surface area contributed by atoms with Crippen LogP contribution in [0.15, 0.2) is 52.2 Å². The van der Waals surface area contributed by atoms with Gasteiger partial charge in [-0.25, -0.2) is 0 Å². The molecule has 1 aliphatic rings. The molecule has 3 aromatic rings. The predicted molar refractivity (Wildman–Crippen MR) is 200 cm³/mol. The van der Waals surface area contributed by atoms with Crippen LogP contribution in [-0.4, -0.2) is 71.3 Å². The smallest absolute Gasteiger partial charge is 0.294 e. The summed E-state index contributed by atoms with van der Waals surface area (Å²) < 4.78 is 69.3. The first-order chi connectivity index (χ1) is 23.5. The lowest BCUT2D eigenvalue weighted by Gasteiger charge is -2.26. The Morgan fingerprint density at radius 2 is 1.50 bits per heavy atom. The predicted octanol–water partition coefficient (Wildman–Crippen LogP) is 6.83. The second-order valence-electron chi connectivity index (χ2n) is 13.7. The van der Waals surface area contributed by atoms with Crippen LogP contribution < -0.4 is 10.5 Å². The van der Waals surface area contributed by atoms with E-state index >= 15 is 0 Å². The molecule has 0 saturated carbocycles. The maximum atomic E-state index is 13.8. The van der Waals surface area contributed by atoms with E-state index in [1.165, 1.54) is 41.7 Å². The van der Waals surface area contributed by atoms with Gasteiger partial charge in [0.15, 0.2) is 5.71 Å². The Morgan fingerprint density at radius 3 is 2.08 bits per heavy atom. The molecule has 13 heteroatoms. The van der Waals surface area contributed by atoms with Gasteiger partial charge in [0, 0.05) is 55.3 Å². The highest BCUT2D eigenvalue weighted by Gasteiger charge is 2.45. The van der Waals surface area contributed by atoms with Crippen LogP contribution in [0.4, 0.5) is 11.4 Å². The third kappa shape index (κ3) is 9.03. The van der Waals surface area contributed by atoms with Crippen molar-refractivity contribution < 1.29 is 35.6 Å². The Hall–Kier alpha value is -3.52. The van der Waals surface area contributed by atoms with E-state index in [0.29, 0.717) is 27.9 Å². The maximum Gasteiger partial charge on any atom is 0.294 e. The summed E-state index contributed by atoms with van der Waals surface area (Å²) in [5.74, 6) is -0.647. The molecule has 0 radical (unpaired) electrons. The largest absolute Gasteiger partial charge is 0.506 e. The summed E-state index contributed by atoms with van der Waals surface area (Å²) in [6.07, 6.45) is 12.4. The van der Waals surface area contributed by atoms with Crippen LogP contribution in [0.25, 0.3) is 17.0 Å². The van der Waals surface area contributed by atoms with Gasteiger partial charge >= 0.3 is 0 Å². The summed E-state index contributed by atoms with van der Waals surface area (Å²) in [7, 11) is -7.05. The summed E-state index contributed by atoms with van der Waals surface area (Å²) in [6, 6.07) is 10.00. The van der Waals surface area contributed by atoms with Gasteiger partial charge in [-0.15, -0.1) is 0 Å². The Balaban J connectivity index is 1.76. The van der Waals surface area contributed by atoms with E-state index in [9.17, 15) is 35.8 Å². The number of rotatable bonds is 18. The minimum absolute atomic E-state index is 0.0608. The average molecular weight is 731 g/mol. The Labute approximate surface area is 296 Å². The number of unbranched alkanes of at least 4 members (excludes halogenated alkanes) is 6. The first kappa shape index (κ1) is 39.3. The fourth-order valence-electron chi connectivity index (χ4n) is 6.83. The van der Waals surface area contributed by atoms with Crippen molar-refractivity contribution in [3.63, 3.8) is 0 Å². The highest BCUT2D eigenvalue weighted by Crippen LogP contribution is 2.42. The summed E-state index contributed by atoms with van der Waals surface area (Å²) in [6.45, 7) is 10.1. The molecule has 11 nitrogen and oxygen atoms in total. The summed E-state index contributed by atoms with van der Waals surface area (Å²) in [4.78, 5) is 15.9. The molecule has 0 spiro atoms. The van der Waals surface area contributed by atoms with E-state index in [4.69, 9.17) is 0 Å². The maximum absolute atomic E-state index is 13.8. The molecule has 0 saturated heterocycles. The van der Waals surface area contributed by atoms with Gasteiger partial charge in [-0.3, -0.25) is 13.9 Å². The molecular weight excluding hydrogens is 679 g/mol. The molecule has 0 unspecified atom stereocenters. The molecule has 0 aliphatic carbocycles. The quantitative estimate of drug-likeness (QED) is 0.0726. The van der Waals surface area contributed by atoms with Crippen LogP contribution in [0.1, 0.15) is 96.6 Å². The molecule has 2 heterocycles. The Kier molecular flexibility index (Phi) is 12.7. The zero-order valence-electron chi connectivity index (χ0n) is 29.9. The molecule has 3 N–H and O–H groups in total. The van der Waals surface area contributed by atoms with Crippen molar-refractivity contribution in [2.75, 3.05) is 30.3 Å². The number of hydrogen-bond donors (Lipinski definition) is 3. The van der Waals surface area contributed by atoms with Gasteiger partial charge in [0.05, 0.1) is 27.1 Å². The SMILES string of the molecule is CCCCCCN(CCCCCC)c1ccc2c(O)c(/C=C/C3=[N+](CCCS(=O)(=O)O)c4ccc(S(=O)(=O)O)cc4C3(C)C)c(=O)n(C)c2c1. The number of allylic oxidation sites excluding steroid dienone is 1. The van der Waals surface area contributed by atoms with Gasteiger partial charge in [-0.05, 0) is 63.1 Å². The summed E-state index contributed by atoms with van der Waals surface area (Å²) in [5.41, 5.74) is 2.20. The van der Waals surface area contributed by atoms with Gasteiger partial charge < -0.3 is 14.6 Å². The van der Waals surface area contributed by atoms with Crippen LogP contribution >= 0.6 is 0 Å². The number of fused-ring (bicyclic) bond motifs is 2. The van der Waals surface area contributed by atoms with Crippen molar-refractivity contribution in [1.29, 1.82) is 0 Å². The Morgan fingerprint density at radius 1 is 0.860 bits per heavy atom. The van der Waals surface area contributed by atoms with Crippen LogP contribution in [0.5, 0.6) is 5.75 Å². The highest BCUT2D eigenvalue weighted by atomic mass is 32.2. The zero-order chi connectivity index (χ0) is 36.9. The third-order valence-corrected chi connectivity index (χ3v) is 11.3. The Bertz CT molecular complexity index is 2040. The number of benzene rings is 2. The van der Waals surface area contributed by atoms with Gasteiger partial charge in [-0.1, -0.05) is 52.4 Å². The lowest BCUT2D eigenvalue weighted by molar-refractivity contribution is -0.437. The lowest BCUT2D eigenvalue weighted by Crippen LogP contribution is -2.28. The van der Waals surface area contributed by atoms with Crippen LogP contribution in [0, 0.1) is 0 Å². The molecule has 0 amide bonds. The van der Waals surface area contributed by atoms with Crippen molar-refractivity contribution >= 4 is 54.3 Å². The number of hydrogen-bond acceptors (Lipinski definition) is 7. The number of aromatic nitrogens is 1. The van der Waals surface area contributed by atoms with E-state index in [0.717, 1.165) is 57.3 Å². The normalized spacial score (nSPS) is 14.6. The average Bonchev–Trinajstić information content (AvgIpc) is 3.26. The molecule has 2 aromatic carbocycles. The number of nitrogens with zero attached hydrogens (tertiary/aromatic N) is 3. The van der Waals surface area contributed by atoms with Crippen molar-refractivity contribution in [3.05, 3.63) is 64.0 Å². The number of pyridine rings is 1. The fraction of sp³-hybridized carbons (Fsp3) is 0.514. The number of aryl methyl sites for hydroxylation is 1. The number of aromatic hydroxyl groups is 1. The van der Waals surface area contributed by atoms with E-state index < -0.39 is 37.0 Å². The topological polar surface area (TPSA) is 157 Å². The summed E-state index contributed by atoms with van der Waals surface area (Å²) in [5, 5.41) is 12.0. The third-order valence-electron chi connectivity index (χ3n) is 9.67. The first-order valence-electron chi connectivity index (χ1n) is 17.5. The monoisotopic (exact) mass is 730 g/mol. The van der Waals surface area contributed by atoms with Crippen molar-refractivity contribution in [2.24, 2.45) is 7.05 Å². The van der Waals surface area contributed by atoms with Gasteiger partial charge in [0.25, 0.3) is 25.8 Å². The zero-order valence-corrected chi connectivity index (χ0v) is 31.5. The molecule has 4 rings (SSSR count). The second-order valence-corrected chi connectivity index (χ2v) is 16.7. The first-order valence-corrected chi connectivity index (χ1v) is 20.6. The number of anilines is 1. The molecule has 0 fully saturated rings. The molecule has 1 aliphatic heterocycles. The van der Waals surface area contributed by atoms with Crippen molar-refractivity contribution in [1.82, 2.24) is 4.57 Å². The van der Waals surface area contributed by atoms with E-state index in [2.05, 4.69) is 18.7 Å². The lowest BCUT2D eigenvalue weighted by atomic mass is 9.81. The minimum atomic E-state index is -4.50. The molecule has 274 valence electrons. The van der Waals surface area contributed by atoms with Crippen LogP contribution in [-0.2, 0) is 32.7 Å². The molecule has 50 heavy (non-hydrogen) atoms. The second kappa shape index (κ2) is 16.2. The van der Waals surface area contributed by atoms with Gasteiger partial charge in [0.1, 0.15) is 12.3 Å². The minimum Gasteiger partial charge on any atom is -0.506 e.